The van der Waals surface area contributed by atoms with Crippen molar-refractivity contribution in [1.82, 2.24) is 23.8 Å². The van der Waals surface area contributed by atoms with Crippen molar-refractivity contribution in [2.24, 2.45) is 0 Å². The standard InChI is InChI=1S/C24H31N6O10PS/c1-24(32)20(31)18(39-23(24)30-14-28-19-21(25)26-13-27-22(19)30)12-38-41(33)37-8-5-17(40-41)15-3-2-4-16(11-15)42(34,35)29-6-9-36-10-7-29/h2-4,11,13-14,17-18,20,23,31-32H,5-10,12H2,1H3,(H2,25,26,27)/t17-,18+,20+,23+,24+,41?/m0/s1. The van der Waals surface area contributed by atoms with E-state index in [0.29, 0.717) is 30.7 Å². The molecule has 3 aliphatic heterocycles. The fourth-order valence-electron chi connectivity index (χ4n) is 5.20. The predicted molar refractivity (Wildman–Crippen MR) is 144 cm³/mol. The smallest absolute Gasteiger partial charge is 0.387 e. The summed E-state index contributed by atoms with van der Waals surface area (Å²) in [5.41, 5.74) is 5.11. The van der Waals surface area contributed by atoms with Gasteiger partial charge in [0.15, 0.2) is 17.7 Å². The summed E-state index contributed by atoms with van der Waals surface area (Å²) in [6.45, 7) is 2.09. The molecular formula is C24H31N6O10PS. The highest BCUT2D eigenvalue weighted by atomic mass is 32.2. The van der Waals surface area contributed by atoms with Crippen molar-refractivity contribution in [1.29, 1.82) is 0 Å². The summed E-state index contributed by atoms with van der Waals surface area (Å²) in [7, 11) is -7.92. The quantitative estimate of drug-likeness (QED) is 0.309. The lowest BCUT2D eigenvalue weighted by Gasteiger charge is -2.30. The van der Waals surface area contributed by atoms with Crippen molar-refractivity contribution in [2.75, 3.05) is 45.3 Å². The summed E-state index contributed by atoms with van der Waals surface area (Å²) in [5.74, 6) is 0.139. The molecule has 4 N–H and O–H groups in total. The second-order valence-corrected chi connectivity index (χ2v) is 13.9. The van der Waals surface area contributed by atoms with Crippen molar-refractivity contribution in [3.63, 3.8) is 0 Å². The summed E-state index contributed by atoms with van der Waals surface area (Å²) in [4.78, 5) is 12.3. The molecule has 3 aliphatic rings. The van der Waals surface area contributed by atoms with Crippen LogP contribution in [0.15, 0.2) is 41.8 Å². The molecule has 0 radical (unpaired) electrons. The van der Waals surface area contributed by atoms with Crippen LogP contribution in [0.25, 0.3) is 11.2 Å². The number of nitrogens with two attached hydrogens (primary N) is 1. The SMILES string of the molecule is C[C@@]1(O)[C@H](O)[C@@H](COP2(=O)OCC[C@@H](c3cccc(S(=O)(=O)N4CCOCC4)c3)O2)O[C@H]1n1cnc2c(N)ncnc21. The fraction of sp³-hybridized carbons (Fsp3) is 0.542. The van der Waals surface area contributed by atoms with Gasteiger partial charge in [0, 0.05) is 19.5 Å². The molecule has 2 aromatic heterocycles. The molecule has 0 aliphatic carbocycles. The van der Waals surface area contributed by atoms with Gasteiger partial charge in [-0.1, -0.05) is 12.1 Å². The van der Waals surface area contributed by atoms with Gasteiger partial charge in [0.2, 0.25) is 10.0 Å². The molecule has 228 valence electrons. The molecule has 0 saturated carbocycles. The van der Waals surface area contributed by atoms with Gasteiger partial charge >= 0.3 is 7.82 Å². The maximum atomic E-state index is 13.4. The highest BCUT2D eigenvalue weighted by Gasteiger charge is 2.54. The van der Waals surface area contributed by atoms with Gasteiger partial charge in [0.25, 0.3) is 0 Å². The average molecular weight is 627 g/mol. The van der Waals surface area contributed by atoms with Crippen molar-refractivity contribution in [2.45, 2.75) is 48.4 Å². The third kappa shape index (κ3) is 5.34. The van der Waals surface area contributed by atoms with Gasteiger partial charge in [0.1, 0.15) is 29.7 Å². The molecular weight excluding hydrogens is 595 g/mol. The Kier molecular flexibility index (Phi) is 7.84. The zero-order valence-corrected chi connectivity index (χ0v) is 24.3. The van der Waals surface area contributed by atoms with Crippen molar-refractivity contribution < 1.29 is 46.2 Å². The van der Waals surface area contributed by atoms with E-state index >= 15 is 0 Å². The van der Waals surface area contributed by atoms with Crippen LogP contribution in [0.5, 0.6) is 0 Å². The number of ether oxygens (including phenoxy) is 2. The molecule has 16 nitrogen and oxygen atoms in total. The van der Waals surface area contributed by atoms with Crippen LogP contribution in [-0.4, -0.2) is 99.8 Å². The van der Waals surface area contributed by atoms with Crippen LogP contribution in [0.1, 0.15) is 31.2 Å². The minimum absolute atomic E-state index is 0.0129. The Balaban J connectivity index is 1.15. The predicted octanol–water partition coefficient (Wildman–Crippen LogP) is 0.742. The number of nitrogens with zero attached hydrogens (tertiary/aromatic N) is 5. The molecule has 0 amide bonds. The molecule has 3 saturated heterocycles. The van der Waals surface area contributed by atoms with Gasteiger partial charge in [-0.25, -0.2) is 27.9 Å². The number of phosphoric ester groups is 1. The van der Waals surface area contributed by atoms with E-state index in [1.165, 1.54) is 40.6 Å². The monoisotopic (exact) mass is 626 g/mol. The highest BCUT2D eigenvalue weighted by Crippen LogP contribution is 2.57. The fourth-order valence-corrected chi connectivity index (χ4v) is 8.06. The number of aliphatic hydroxyl groups excluding tert-OH is 1. The highest BCUT2D eigenvalue weighted by molar-refractivity contribution is 7.89. The maximum Gasteiger partial charge on any atom is 0.475 e. The number of fused-ring (bicyclic) bond motifs is 1. The third-order valence-electron chi connectivity index (χ3n) is 7.51. The van der Waals surface area contributed by atoms with E-state index in [-0.39, 0.29) is 36.1 Å². The van der Waals surface area contributed by atoms with E-state index in [1.807, 2.05) is 0 Å². The van der Waals surface area contributed by atoms with Crippen molar-refractivity contribution in [3.05, 3.63) is 42.5 Å². The number of rotatable bonds is 7. The summed E-state index contributed by atoms with van der Waals surface area (Å²) in [6, 6.07) is 6.25. The number of hydrogen-bond acceptors (Lipinski definition) is 14. The molecule has 6 atom stereocenters. The minimum Gasteiger partial charge on any atom is -0.387 e. The number of benzene rings is 1. The number of hydrogen-bond donors (Lipinski definition) is 3. The zero-order valence-electron chi connectivity index (χ0n) is 22.6. The number of phosphoric acid groups is 1. The van der Waals surface area contributed by atoms with Gasteiger partial charge in [-0.15, -0.1) is 0 Å². The largest absolute Gasteiger partial charge is 0.475 e. The van der Waals surface area contributed by atoms with Gasteiger partial charge in [-0.2, -0.15) is 4.31 Å². The normalized spacial score (nSPS) is 32.8. The lowest BCUT2D eigenvalue weighted by Crippen LogP contribution is -2.44. The molecule has 0 bridgehead atoms. The third-order valence-corrected chi connectivity index (χ3v) is 10.9. The molecule has 42 heavy (non-hydrogen) atoms. The molecule has 6 rings (SSSR count). The van der Waals surface area contributed by atoms with Gasteiger partial charge in [0.05, 0.1) is 43.8 Å². The van der Waals surface area contributed by atoms with E-state index in [9.17, 15) is 23.2 Å². The van der Waals surface area contributed by atoms with Crippen LogP contribution in [0.4, 0.5) is 5.82 Å². The van der Waals surface area contributed by atoms with Crippen molar-refractivity contribution in [3.8, 4) is 0 Å². The Bertz CT molecular complexity index is 1610. The minimum atomic E-state index is -4.17. The van der Waals surface area contributed by atoms with Gasteiger partial charge in [-0.3, -0.25) is 18.1 Å². The van der Waals surface area contributed by atoms with Crippen LogP contribution in [0.2, 0.25) is 0 Å². The van der Waals surface area contributed by atoms with E-state index in [4.69, 9.17) is 28.8 Å². The van der Waals surface area contributed by atoms with E-state index in [2.05, 4.69) is 15.0 Å². The number of imidazole rings is 1. The Morgan fingerprint density at radius 3 is 2.79 bits per heavy atom. The second kappa shape index (κ2) is 11.2. The molecule has 3 fully saturated rings. The first-order valence-corrected chi connectivity index (χ1v) is 16.1. The number of morpholine rings is 1. The Hall–Kier alpha value is -2.57. The van der Waals surface area contributed by atoms with Gasteiger partial charge in [-0.05, 0) is 24.6 Å². The number of aliphatic hydroxyl groups is 2. The molecule has 5 heterocycles. The Labute approximate surface area is 241 Å². The number of anilines is 1. The summed E-state index contributed by atoms with van der Waals surface area (Å²) in [6.07, 6.45) is -1.62. The lowest BCUT2D eigenvalue weighted by molar-refractivity contribution is -0.0953. The topological polar surface area (TPSA) is 211 Å². The van der Waals surface area contributed by atoms with E-state index in [0.717, 1.165) is 0 Å². The molecule has 1 unspecified atom stereocenters. The van der Waals surface area contributed by atoms with E-state index in [1.54, 1.807) is 12.1 Å². The summed E-state index contributed by atoms with van der Waals surface area (Å²) in [5, 5.41) is 22.0. The van der Waals surface area contributed by atoms with Crippen LogP contribution < -0.4 is 5.73 Å². The molecule has 0 spiro atoms. The van der Waals surface area contributed by atoms with Crippen LogP contribution in [0, 0.1) is 0 Å². The van der Waals surface area contributed by atoms with Crippen molar-refractivity contribution >= 4 is 34.8 Å². The van der Waals surface area contributed by atoms with Crippen LogP contribution >= 0.6 is 7.82 Å². The van der Waals surface area contributed by atoms with Crippen LogP contribution in [0.3, 0.4) is 0 Å². The first-order chi connectivity index (χ1) is 20.0. The number of nitrogen functional groups attached to an aromatic ring is 1. The Morgan fingerprint density at radius 2 is 2.00 bits per heavy atom. The lowest BCUT2D eigenvalue weighted by atomic mass is 9.96. The van der Waals surface area contributed by atoms with Crippen LogP contribution in [-0.2, 0) is 37.6 Å². The molecule has 1 aromatic carbocycles. The average Bonchev–Trinajstić information content (AvgIpc) is 3.51. The maximum absolute atomic E-state index is 13.4. The van der Waals surface area contributed by atoms with Gasteiger partial charge < -0.3 is 25.4 Å². The molecule has 18 heteroatoms. The summed E-state index contributed by atoms with van der Waals surface area (Å²) < 4.78 is 70.3. The second-order valence-electron chi connectivity index (χ2n) is 10.3. The number of aromatic nitrogens is 4. The molecule has 3 aromatic rings. The summed E-state index contributed by atoms with van der Waals surface area (Å²) >= 11 is 0. The zero-order chi connectivity index (χ0) is 29.7. The number of sulfonamides is 1. The first-order valence-electron chi connectivity index (χ1n) is 13.2. The Morgan fingerprint density at radius 1 is 1.21 bits per heavy atom. The van der Waals surface area contributed by atoms with E-state index < -0.39 is 54.6 Å². The first kappa shape index (κ1) is 29.5.